The number of sulfonamides is 1. The molecule has 162 valence electrons. The van der Waals surface area contributed by atoms with E-state index in [2.05, 4.69) is 15.5 Å². The molecule has 7 nitrogen and oxygen atoms in total. The fraction of sp³-hybridized carbons (Fsp3) is 0.286. The van der Waals surface area contributed by atoms with Crippen molar-refractivity contribution in [3.05, 3.63) is 58.6 Å². The number of rotatable bonds is 5. The summed E-state index contributed by atoms with van der Waals surface area (Å²) in [6.07, 6.45) is 2.74. The third kappa shape index (κ3) is 4.79. The lowest BCUT2D eigenvalue weighted by Crippen LogP contribution is -2.35. The Hall–Kier alpha value is -2.33. The minimum atomic E-state index is -3.63. The SMILES string of the molecule is Cc1ccc(S(=O)(=O)N2CCCCC2)cc1C(=O)Nc1nnc(-c2ccc(Cl)cc2)s1. The molecule has 1 aromatic heterocycles. The summed E-state index contributed by atoms with van der Waals surface area (Å²) in [7, 11) is -3.63. The molecule has 0 atom stereocenters. The van der Waals surface area contributed by atoms with Crippen LogP contribution in [0.15, 0.2) is 47.4 Å². The summed E-state index contributed by atoms with van der Waals surface area (Å²) in [5, 5.41) is 12.5. The molecule has 0 unspecified atom stereocenters. The van der Waals surface area contributed by atoms with Crippen LogP contribution in [0.5, 0.6) is 0 Å². The van der Waals surface area contributed by atoms with Gasteiger partial charge in [0, 0.05) is 29.2 Å². The second kappa shape index (κ2) is 9.04. The largest absolute Gasteiger partial charge is 0.296 e. The maximum Gasteiger partial charge on any atom is 0.257 e. The Bertz CT molecular complexity index is 1200. The Labute approximate surface area is 190 Å². The fourth-order valence-electron chi connectivity index (χ4n) is 3.41. The standard InChI is InChI=1S/C21H21ClN4O3S2/c1-14-5-10-17(31(28,29)26-11-3-2-4-12-26)13-18(14)19(27)23-21-25-24-20(30-21)15-6-8-16(22)9-7-15/h5-10,13H,2-4,11-12H2,1H3,(H,23,25,27). The fourth-order valence-corrected chi connectivity index (χ4v) is 5.82. The van der Waals surface area contributed by atoms with Gasteiger partial charge >= 0.3 is 0 Å². The van der Waals surface area contributed by atoms with Crippen LogP contribution in [0.3, 0.4) is 0 Å². The lowest BCUT2D eigenvalue weighted by molar-refractivity contribution is 0.102. The number of hydrogen-bond acceptors (Lipinski definition) is 6. The van der Waals surface area contributed by atoms with Crippen molar-refractivity contribution in [1.82, 2.24) is 14.5 Å². The number of aryl methyl sites for hydroxylation is 1. The molecule has 0 aliphatic carbocycles. The topological polar surface area (TPSA) is 92.3 Å². The molecule has 10 heteroatoms. The predicted molar refractivity (Wildman–Crippen MR) is 122 cm³/mol. The van der Waals surface area contributed by atoms with E-state index in [-0.39, 0.29) is 4.90 Å². The van der Waals surface area contributed by atoms with Crippen molar-refractivity contribution in [3.8, 4) is 10.6 Å². The summed E-state index contributed by atoms with van der Waals surface area (Å²) in [5.41, 5.74) is 1.81. The molecular formula is C21H21ClN4O3S2. The predicted octanol–water partition coefficient (Wildman–Crippen LogP) is 4.59. The van der Waals surface area contributed by atoms with Crippen LogP contribution in [0.25, 0.3) is 10.6 Å². The minimum Gasteiger partial charge on any atom is -0.296 e. The lowest BCUT2D eigenvalue weighted by atomic mass is 10.1. The number of carbonyl (C=O) groups is 1. The Morgan fingerprint density at radius 1 is 1.06 bits per heavy atom. The molecule has 1 aliphatic rings. The van der Waals surface area contributed by atoms with Gasteiger partial charge < -0.3 is 0 Å². The van der Waals surface area contributed by atoms with Gasteiger partial charge in [-0.25, -0.2) is 8.42 Å². The van der Waals surface area contributed by atoms with Crippen molar-refractivity contribution in [2.45, 2.75) is 31.1 Å². The highest BCUT2D eigenvalue weighted by molar-refractivity contribution is 7.89. The zero-order valence-corrected chi connectivity index (χ0v) is 19.2. The van der Waals surface area contributed by atoms with Crippen molar-refractivity contribution in [3.63, 3.8) is 0 Å². The maximum atomic E-state index is 13.0. The summed E-state index contributed by atoms with van der Waals surface area (Å²) in [6.45, 7) is 2.79. The van der Waals surface area contributed by atoms with Gasteiger partial charge in [0.25, 0.3) is 5.91 Å². The van der Waals surface area contributed by atoms with E-state index in [4.69, 9.17) is 11.6 Å². The van der Waals surface area contributed by atoms with Crippen LogP contribution >= 0.6 is 22.9 Å². The van der Waals surface area contributed by atoms with E-state index >= 15 is 0 Å². The number of halogens is 1. The van der Waals surface area contributed by atoms with E-state index in [1.165, 1.54) is 21.7 Å². The van der Waals surface area contributed by atoms with Crippen LogP contribution in [0, 0.1) is 6.92 Å². The molecule has 1 N–H and O–H groups in total. The van der Waals surface area contributed by atoms with Gasteiger partial charge in [-0.2, -0.15) is 4.31 Å². The number of anilines is 1. The molecule has 1 saturated heterocycles. The molecule has 31 heavy (non-hydrogen) atoms. The summed E-state index contributed by atoms with van der Waals surface area (Å²) in [6, 6.07) is 11.8. The average molecular weight is 477 g/mol. The number of benzene rings is 2. The summed E-state index contributed by atoms with van der Waals surface area (Å²) in [5.74, 6) is -0.424. The lowest BCUT2D eigenvalue weighted by Gasteiger charge is -2.26. The number of hydrogen-bond donors (Lipinski definition) is 1. The Morgan fingerprint density at radius 3 is 2.48 bits per heavy atom. The zero-order chi connectivity index (χ0) is 22.0. The third-order valence-corrected chi connectivity index (χ3v) is 8.18. The van der Waals surface area contributed by atoms with E-state index in [0.29, 0.717) is 39.4 Å². The first-order valence-electron chi connectivity index (χ1n) is 9.86. The van der Waals surface area contributed by atoms with E-state index in [1.54, 1.807) is 31.2 Å². The highest BCUT2D eigenvalue weighted by Crippen LogP contribution is 2.28. The third-order valence-electron chi connectivity index (χ3n) is 5.14. The Morgan fingerprint density at radius 2 is 1.77 bits per heavy atom. The second-order valence-corrected chi connectivity index (χ2v) is 10.7. The van der Waals surface area contributed by atoms with E-state index in [1.807, 2.05) is 12.1 Å². The first-order valence-corrected chi connectivity index (χ1v) is 12.5. The van der Waals surface area contributed by atoms with Crippen molar-refractivity contribution >= 4 is 44.0 Å². The van der Waals surface area contributed by atoms with E-state index in [0.717, 1.165) is 24.8 Å². The summed E-state index contributed by atoms with van der Waals surface area (Å²) in [4.78, 5) is 13.0. The van der Waals surface area contributed by atoms with Gasteiger partial charge in [-0.15, -0.1) is 10.2 Å². The minimum absolute atomic E-state index is 0.129. The van der Waals surface area contributed by atoms with E-state index < -0.39 is 15.9 Å². The molecule has 2 aromatic carbocycles. The van der Waals surface area contributed by atoms with Gasteiger partial charge in [-0.3, -0.25) is 10.1 Å². The van der Waals surface area contributed by atoms with Crippen molar-refractivity contribution in [2.75, 3.05) is 18.4 Å². The normalized spacial score (nSPS) is 15.0. The van der Waals surface area contributed by atoms with Crippen LogP contribution in [-0.2, 0) is 10.0 Å². The van der Waals surface area contributed by atoms with Crippen LogP contribution < -0.4 is 5.32 Å². The highest BCUT2D eigenvalue weighted by atomic mass is 35.5. The van der Waals surface area contributed by atoms with Crippen LogP contribution in [0.2, 0.25) is 5.02 Å². The molecule has 2 heterocycles. The van der Waals surface area contributed by atoms with Gasteiger partial charge in [-0.1, -0.05) is 47.6 Å². The quantitative estimate of drug-likeness (QED) is 0.581. The van der Waals surface area contributed by atoms with Crippen molar-refractivity contribution in [2.24, 2.45) is 0 Å². The first-order chi connectivity index (χ1) is 14.8. The Kier molecular flexibility index (Phi) is 6.38. The molecule has 1 amide bonds. The van der Waals surface area contributed by atoms with Gasteiger partial charge in [0.05, 0.1) is 4.90 Å². The van der Waals surface area contributed by atoms with Gasteiger partial charge in [0.2, 0.25) is 15.2 Å². The number of carbonyl (C=O) groups excluding carboxylic acids is 1. The monoisotopic (exact) mass is 476 g/mol. The molecule has 1 aliphatic heterocycles. The van der Waals surface area contributed by atoms with Crippen molar-refractivity contribution < 1.29 is 13.2 Å². The Balaban J connectivity index is 1.55. The molecule has 0 bridgehead atoms. The molecule has 4 rings (SSSR count). The van der Waals surface area contributed by atoms with Crippen LogP contribution in [0.4, 0.5) is 5.13 Å². The molecular weight excluding hydrogens is 456 g/mol. The number of amides is 1. The summed E-state index contributed by atoms with van der Waals surface area (Å²) < 4.78 is 27.5. The number of aromatic nitrogens is 2. The molecule has 0 saturated carbocycles. The molecule has 0 spiro atoms. The highest BCUT2D eigenvalue weighted by Gasteiger charge is 2.27. The van der Waals surface area contributed by atoms with Gasteiger partial charge in [-0.05, 0) is 49.6 Å². The molecule has 1 fully saturated rings. The van der Waals surface area contributed by atoms with Gasteiger partial charge in [0.1, 0.15) is 5.01 Å². The van der Waals surface area contributed by atoms with Crippen LogP contribution in [0.1, 0.15) is 35.2 Å². The van der Waals surface area contributed by atoms with Gasteiger partial charge in [0.15, 0.2) is 0 Å². The number of nitrogens with zero attached hydrogens (tertiary/aromatic N) is 3. The van der Waals surface area contributed by atoms with Crippen molar-refractivity contribution in [1.29, 1.82) is 0 Å². The number of nitrogens with one attached hydrogen (secondary N) is 1. The van der Waals surface area contributed by atoms with Crippen LogP contribution in [-0.4, -0.2) is 41.9 Å². The summed E-state index contributed by atoms with van der Waals surface area (Å²) >= 11 is 7.14. The van der Waals surface area contributed by atoms with E-state index in [9.17, 15) is 13.2 Å². The zero-order valence-electron chi connectivity index (χ0n) is 16.8. The maximum absolute atomic E-state index is 13.0. The molecule has 0 radical (unpaired) electrons. The number of piperidine rings is 1. The first kappa shape index (κ1) is 21.9. The smallest absolute Gasteiger partial charge is 0.257 e. The molecule has 3 aromatic rings. The second-order valence-electron chi connectivity index (χ2n) is 7.31. The average Bonchev–Trinajstić information content (AvgIpc) is 3.23.